The Morgan fingerprint density at radius 3 is 2.14 bits per heavy atom. The van der Waals surface area contributed by atoms with Crippen LogP contribution in [0.15, 0.2) is 17.0 Å². The van der Waals surface area contributed by atoms with Crippen molar-refractivity contribution >= 4 is 10.0 Å². The van der Waals surface area contributed by atoms with E-state index < -0.39 is 15.6 Å². The fourth-order valence-corrected chi connectivity index (χ4v) is 4.85. The quantitative estimate of drug-likeness (QED) is 0.898. The monoisotopic (exact) mass is 311 g/mol. The molecule has 1 aliphatic carbocycles. The first kappa shape index (κ1) is 16.5. The maximum atomic E-state index is 12.5. The molecule has 2 rings (SSSR count). The molecule has 5 heteroatoms. The Hall–Kier alpha value is -0.910. The van der Waals surface area contributed by atoms with E-state index in [-0.39, 0.29) is 6.54 Å². The molecule has 1 aliphatic rings. The third kappa shape index (κ3) is 3.84. The van der Waals surface area contributed by atoms with Crippen LogP contribution >= 0.6 is 0 Å². The first-order valence-electron chi connectivity index (χ1n) is 7.53. The minimum absolute atomic E-state index is 0.0993. The predicted molar refractivity (Wildman–Crippen MR) is 83.9 cm³/mol. The number of hydrogen-bond donors (Lipinski definition) is 2. The summed E-state index contributed by atoms with van der Waals surface area (Å²) in [6.07, 6.45) is 4.37. The highest BCUT2D eigenvalue weighted by atomic mass is 32.2. The highest BCUT2D eigenvalue weighted by Crippen LogP contribution is 2.28. The van der Waals surface area contributed by atoms with E-state index in [1.807, 2.05) is 32.9 Å². The van der Waals surface area contributed by atoms with Gasteiger partial charge >= 0.3 is 0 Å². The van der Waals surface area contributed by atoms with Crippen molar-refractivity contribution in [2.75, 3.05) is 6.54 Å². The maximum Gasteiger partial charge on any atom is 0.241 e. The SMILES string of the molecule is Cc1cc(C)c(S(=O)(=O)NCC2(O)CCCCC2)c(C)c1. The molecule has 0 bridgehead atoms. The number of hydrogen-bond acceptors (Lipinski definition) is 3. The van der Waals surface area contributed by atoms with Crippen LogP contribution < -0.4 is 4.72 Å². The summed E-state index contributed by atoms with van der Waals surface area (Å²) in [6.45, 7) is 5.67. The van der Waals surface area contributed by atoms with Gasteiger partial charge in [0.1, 0.15) is 0 Å². The molecule has 0 spiro atoms. The minimum Gasteiger partial charge on any atom is -0.389 e. The van der Waals surface area contributed by atoms with Crippen molar-refractivity contribution in [1.29, 1.82) is 0 Å². The molecule has 1 fully saturated rings. The van der Waals surface area contributed by atoms with Crippen LogP contribution in [0.1, 0.15) is 48.8 Å². The fraction of sp³-hybridized carbons (Fsp3) is 0.625. The summed E-state index contributed by atoms with van der Waals surface area (Å²) in [4.78, 5) is 0.340. The van der Waals surface area contributed by atoms with E-state index in [1.165, 1.54) is 0 Å². The van der Waals surface area contributed by atoms with E-state index in [9.17, 15) is 13.5 Å². The lowest BCUT2D eigenvalue weighted by atomic mass is 9.85. The molecule has 118 valence electrons. The van der Waals surface area contributed by atoms with Crippen molar-refractivity contribution in [1.82, 2.24) is 4.72 Å². The number of aryl methyl sites for hydroxylation is 3. The standard InChI is InChI=1S/C16H25NO3S/c1-12-9-13(2)15(14(3)10-12)21(19,20)17-11-16(18)7-5-4-6-8-16/h9-10,17-18H,4-8,11H2,1-3H3. The van der Waals surface area contributed by atoms with Gasteiger partial charge in [-0.05, 0) is 44.7 Å². The zero-order chi connectivity index (χ0) is 15.7. The van der Waals surface area contributed by atoms with Gasteiger partial charge in [-0.15, -0.1) is 0 Å². The molecule has 0 saturated heterocycles. The van der Waals surface area contributed by atoms with E-state index in [2.05, 4.69) is 4.72 Å². The molecule has 4 nitrogen and oxygen atoms in total. The summed E-state index contributed by atoms with van der Waals surface area (Å²) in [5, 5.41) is 10.4. The average Bonchev–Trinajstić information content (AvgIpc) is 2.36. The summed E-state index contributed by atoms with van der Waals surface area (Å²) >= 11 is 0. The minimum atomic E-state index is -3.59. The van der Waals surface area contributed by atoms with Gasteiger partial charge in [-0.2, -0.15) is 0 Å². The second-order valence-corrected chi connectivity index (χ2v) is 8.04. The third-order valence-electron chi connectivity index (χ3n) is 4.25. The second-order valence-electron chi connectivity index (χ2n) is 6.34. The van der Waals surface area contributed by atoms with Gasteiger partial charge in [0.25, 0.3) is 0 Å². The van der Waals surface area contributed by atoms with Crippen LogP contribution in [0.3, 0.4) is 0 Å². The lowest BCUT2D eigenvalue weighted by Crippen LogP contribution is -2.44. The van der Waals surface area contributed by atoms with Gasteiger partial charge in [-0.1, -0.05) is 37.0 Å². The highest BCUT2D eigenvalue weighted by Gasteiger charge is 2.31. The van der Waals surface area contributed by atoms with Gasteiger partial charge in [0, 0.05) is 6.54 Å². The highest BCUT2D eigenvalue weighted by molar-refractivity contribution is 7.89. The van der Waals surface area contributed by atoms with Crippen LogP contribution in [0.4, 0.5) is 0 Å². The molecule has 21 heavy (non-hydrogen) atoms. The van der Waals surface area contributed by atoms with Crippen molar-refractivity contribution in [2.45, 2.75) is 63.4 Å². The molecule has 0 aliphatic heterocycles. The van der Waals surface area contributed by atoms with E-state index in [0.717, 1.165) is 36.0 Å². The Bertz CT molecular complexity index is 593. The van der Waals surface area contributed by atoms with Gasteiger partial charge in [-0.25, -0.2) is 13.1 Å². The number of benzene rings is 1. The molecule has 0 aromatic heterocycles. The second kappa shape index (κ2) is 6.07. The zero-order valence-corrected chi connectivity index (χ0v) is 13.9. The van der Waals surface area contributed by atoms with Crippen molar-refractivity contribution in [2.24, 2.45) is 0 Å². The van der Waals surface area contributed by atoms with Crippen LogP contribution in [0.5, 0.6) is 0 Å². The van der Waals surface area contributed by atoms with Gasteiger partial charge in [0.05, 0.1) is 10.5 Å². The Balaban J connectivity index is 2.19. The molecule has 1 aromatic carbocycles. The van der Waals surface area contributed by atoms with Gasteiger partial charge < -0.3 is 5.11 Å². The van der Waals surface area contributed by atoms with Crippen molar-refractivity contribution < 1.29 is 13.5 Å². The van der Waals surface area contributed by atoms with Crippen LogP contribution in [-0.4, -0.2) is 25.7 Å². The normalized spacial score (nSPS) is 18.7. The number of sulfonamides is 1. The summed E-state index contributed by atoms with van der Waals surface area (Å²) in [7, 11) is -3.59. The van der Waals surface area contributed by atoms with E-state index in [0.29, 0.717) is 17.7 Å². The van der Waals surface area contributed by atoms with Crippen molar-refractivity contribution in [3.05, 3.63) is 28.8 Å². The Labute approximate surface area is 127 Å². The lowest BCUT2D eigenvalue weighted by Gasteiger charge is -2.32. The molecule has 0 atom stereocenters. The summed E-state index contributed by atoms with van der Waals surface area (Å²) in [5.74, 6) is 0. The van der Waals surface area contributed by atoms with Gasteiger partial charge in [0.2, 0.25) is 10.0 Å². The average molecular weight is 311 g/mol. The number of aliphatic hydroxyl groups is 1. The van der Waals surface area contributed by atoms with Crippen LogP contribution in [-0.2, 0) is 10.0 Å². The van der Waals surface area contributed by atoms with Crippen LogP contribution in [0.25, 0.3) is 0 Å². The Morgan fingerprint density at radius 2 is 1.62 bits per heavy atom. The van der Waals surface area contributed by atoms with Crippen LogP contribution in [0.2, 0.25) is 0 Å². The molecule has 1 saturated carbocycles. The zero-order valence-electron chi connectivity index (χ0n) is 13.1. The largest absolute Gasteiger partial charge is 0.389 e. The smallest absolute Gasteiger partial charge is 0.241 e. The molecule has 2 N–H and O–H groups in total. The van der Waals surface area contributed by atoms with Crippen molar-refractivity contribution in [3.63, 3.8) is 0 Å². The molecular weight excluding hydrogens is 286 g/mol. The first-order valence-corrected chi connectivity index (χ1v) is 9.02. The van der Waals surface area contributed by atoms with E-state index in [1.54, 1.807) is 0 Å². The lowest BCUT2D eigenvalue weighted by molar-refractivity contribution is 0.00945. The molecule has 1 aromatic rings. The van der Waals surface area contributed by atoms with E-state index >= 15 is 0 Å². The molecule has 0 radical (unpaired) electrons. The first-order chi connectivity index (χ1) is 9.73. The topological polar surface area (TPSA) is 66.4 Å². The number of rotatable bonds is 4. The number of nitrogens with one attached hydrogen (secondary N) is 1. The van der Waals surface area contributed by atoms with E-state index in [4.69, 9.17) is 0 Å². The van der Waals surface area contributed by atoms with Gasteiger partial charge in [-0.3, -0.25) is 0 Å². The fourth-order valence-electron chi connectivity index (χ4n) is 3.28. The molecular formula is C16H25NO3S. The molecule has 0 heterocycles. The summed E-state index contributed by atoms with van der Waals surface area (Å²) < 4.78 is 27.7. The Kier molecular flexibility index (Phi) is 4.76. The maximum absolute atomic E-state index is 12.5. The molecule has 0 unspecified atom stereocenters. The predicted octanol–water partition coefficient (Wildman–Crippen LogP) is 2.59. The van der Waals surface area contributed by atoms with Crippen molar-refractivity contribution in [3.8, 4) is 0 Å². The summed E-state index contributed by atoms with van der Waals surface area (Å²) in [5.41, 5.74) is 1.65. The van der Waals surface area contributed by atoms with Crippen LogP contribution in [0, 0.1) is 20.8 Å². The third-order valence-corrected chi connectivity index (χ3v) is 5.95. The molecule has 0 amide bonds. The summed E-state index contributed by atoms with van der Waals surface area (Å²) in [6, 6.07) is 3.74. The Morgan fingerprint density at radius 1 is 1.10 bits per heavy atom. The van der Waals surface area contributed by atoms with Gasteiger partial charge in [0.15, 0.2) is 0 Å².